The van der Waals surface area contributed by atoms with Crippen molar-refractivity contribution in [1.29, 1.82) is 0 Å². The Kier molecular flexibility index (Phi) is 5.93. The Morgan fingerprint density at radius 1 is 1.14 bits per heavy atom. The van der Waals surface area contributed by atoms with Crippen LogP contribution in [-0.2, 0) is 9.59 Å². The minimum Gasteiger partial charge on any atom is -0.340 e. The van der Waals surface area contributed by atoms with E-state index >= 15 is 0 Å². The summed E-state index contributed by atoms with van der Waals surface area (Å²) in [5.74, 6) is 0.879. The molecule has 29 heavy (non-hydrogen) atoms. The van der Waals surface area contributed by atoms with E-state index in [4.69, 9.17) is 0 Å². The maximum Gasteiger partial charge on any atom is 0.238 e. The number of carbonyl (C=O) groups is 2. The van der Waals surface area contributed by atoms with Gasteiger partial charge in [0.2, 0.25) is 11.8 Å². The molecule has 6 nitrogen and oxygen atoms in total. The molecule has 2 N–H and O–H groups in total. The predicted molar refractivity (Wildman–Crippen MR) is 115 cm³/mol. The third-order valence-electron chi connectivity index (χ3n) is 7.24. The van der Waals surface area contributed by atoms with E-state index in [1.165, 1.54) is 19.3 Å². The maximum atomic E-state index is 13.4. The van der Waals surface area contributed by atoms with Gasteiger partial charge in [0.25, 0.3) is 0 Å². The third-order valence-corrected chi connectivity index (χ3v) is 7.24. The van der Waals surface area contributed by atoms with Crippen LogP contribution in [0.25, 0.3) is 0 Å². The van der Waals surface area contributed by atoms with Gasteiger partial charge >= 0.3 is 0 Å². The molecule has 0 unspecified atom stereocenters. The first kappa shape index (κ1) is 20.4. The van der Waals surface area contributed by atoms with Crippen LogP contribution in [0.5, 0.6) is 0 Å². The fraction of sp³-hybridized carbons (Fsp3) is 0.652. The first-order chi connectivity index (χ1) is 14.0. The second-order valence-electron chi connectivity index (χ2n) is 9.11. The second-order valence-corrected chi connectivity index (χ2v) is 9.11. The molecule has 1 aromatic carbocycles. The van der Waals surface area contributed by atoms with Gasteiger partial charge in [0.05, 0.1) is 12.0 Å². The third kappa shape index (κ3) is 4.05. The molecular weight excluding hydrogens is 364 g/mol. The number of piperazine rings is 1. The van der Waals surface area contributed by atoms with Crippen LogP contribution in [0, 0.1) is 25.2 Å². The molecule has 2 atom stereocenters. The van der Waals surface area contributed by atoms with Crippen LogP contribution in [0.1, 0.15) is 36.8 Å². The fourth-order valence-corrected chi connectivity index (χ4v) is 5.49. The Morgan fingerprint density at radius 2 is 1.86 bits per heavy atom. The molecule has 6 heteroatoms. The molecule has 2 saturated heterocycles. The molecule has 4 rings (SSSR count). The van der Waals surface area contributed by atoms with Gasteiger partial charge in [0, 0.05) is 38.4 Å². The Bertz CT molecular complexity index is 752. The van der Waals surface area contributed by atoms with Crippen molar-refractivity contribution in [3.8, 4) is 0 Å². The number of nitrogens with zero attached hydrogens (tertiary/aromatic N) is 2. The minimum atomic E-state index is -0.167. The molecule has 2 aliphatic heterocycles. The van der Waals surface area contributed by atoms with Crippen LogP contribution in [-0.4, -0.2) is 67.4 Å². The average molecular weight is 399 g/mol. The fourth-order valence-electron chi connectivity index (χ4n) is 5.49. The first-order valence-electron chi connectivity index (χ1n) is 11.1. The number of carbonyl (C=O) groups excluding carboxylic acids is 2. The van der Waals surface area contributed by atoms with Crippen molar-refractivity contribution in [1.82, 2.24) is 15.1 Å². The van der Waals surface area contributed by atoms with Crippen molar-refractivity contribution in [3.63, 3.8) is 0 Å². The predicted octanol–water partition coefficient (Wildman–Crippen LogP) is 2.17. The lowest BCUT2D eigenvalue weighted by Gasteiger charge is -2.43. The summed E-state index contributed by atoms with van der Waals surface area (Å²) in [6, 6.07) is 6.04. The molecule has 3 fully saturated rings. The van der Waals surface area contributed by atoms with Crippen LogP contribution >= 0.6 is 0 Å². The molecule has 0 aromatic heterocycles. The van der Waals surface area contributed by atoms with E-state index in [1.807, 2.05) is 32.0 Å². The van der Waals surface area contributed by atoms with E-state index in [9.17, 15) is 9.59 Å². The standard InChI is InChI=1S/C23H34N4O2/c1-17-6-5-7-18(2)21(17)25-20(28)15-26-10-12-27(13-11-26)22(29)23-9-4-3-8-19(23)14-24-16-23/h5-7,19,24H,3-4,8-16H2,1-2H3,(H,25,28)/t19-,23+/m0/s1. The Morgan fingerprint density at radius 3 is 2.59 bits per heavy atom. The Balaban J connectivity index is 1.30. The highest BCUT2D eigenvalue weighted by Crippen LogP contribution is 2.45. The number of aryl methyl sites for hydroxylation is 2. The molecule has 158 valence electrons. The van der Waals surface area contributed by atoms with Crippen molar-refractivity contribution < 1.29 is 9.59 Å². The molecule has 1 saturated carbocycles. The zero-order valence-electron chi connectivity index (χ0n) is 17.8. The quantitative estimate of drug-likeness (QED) is 0.816. The number of para-hydroxylation sites is 1. The largest absolute Gasteiger partial charge is 0.340 e. The summed E-state index contributed by atoms with van der Waals surface area (Å²) in [4.78, 5) is 30.2. The number of hydrogen-bond acceptors (Lipinski definition) is 4. The van der Waals surface area contributed by atoms with Gasteiger partial charge in [0.15, 0.2) is 0 Å². The number of amides is 2. The SMILES string of the molecule is Cc1cccc(C)c1NC(=O)CN1CCN(C(=O)[C@@]23CCCC[C@H]2CNC3)CC1. The topological polar surface area (TPSA) is 64.7 Å². The average Bonchev–Trinajstić information content (AvgIpc) is 3.16. The highest BCUT2D eigenvalue weighted by Gasteiger charge is 2.51. The summed E-state index contributed by atoms with van der Waals surface area (Å²) < 4.78 is 0. The van der Waals surface area contributed by atoms with Crippen LogP contribution in [0.3, 0.4) is 0 Å². The lowest BCUT2D eigenvalue weighted by molar-refractivity contribution is -0.147. The molecular formula is C23H34N4O2. The van der Waals surface area contributed by atoms with Crippen molar-refractivity contribution >= 4 is 17.5 Å². The summed E-state index contributed by atoms with van der Waals surface area (Å²) in [6.45, 7) is 9.23. The van der Waals surface area contributed by atoms with E-state index in [-0.39, 0.29) is 11.3 Å². The molecule has 2 heterocycles. The number of anilines is 1. The maximum absolute atomic E-state index is 13.4. The number of fused-ring (bicyclic) bond motifs is 1. The van der Waals surface area contributed by atoms with E-state index in [1.54, 1.807) is 0 Å². The lowest BCUT2D eigenvalue weighted by Crippen LogP contribution is -2.56. The summed E-state index contributed by atoms with van der Waals surface area (Å²) in [5.41, 5.74) is 2.92. The van der Waals surface area contributed by atoms with Crippen molar-refractivity contribution in [2.45, 2.75) is 39.5 Å². The van der Waals surface area contributed by atoms with Crippen LogP contribution < -0.4 is 10.6 Å². The molecule has 0 spiro atoms. The van der Waals surface area contributed by atoms with Crippen molar-refractivity contribution in [2.24, 2.45) is 11.3 Å². The Labute approximate surface area is 174 Å². The monoisotopic (exact) mass is 398 g/mol. The molecule has 1 aromatic rings. The molecule has 2 amide bonds. The van der Waals surface area contributed by atoms with Crippen LogP contribution in [0.15, 0.2) is 18.2 Å². The van der Waals surface area contributed by atoms with Gasteiger partial charge in [-0.05, 0) is 50.3 Å². The summed E-state index contributed by atoms with van der Waals surface area (Å²) in [5, 5.41) is 6.55. The van der Waals surface area contributed by atoms with E-state index in [0.717, 1.165) is 62.5 Å². The smallest absolute Gasteiger partial charge is 0.238 e. The van der Waals surface area contributed by atoms with Gasteiger partial charge in [-0.3, -0.25) is 14.5 Å². The van der Waals surface area contributed by atoms with Crippen LogP contribution in [0.4, 0.5) is 5.69 Å². The van der Waals surface area contributed by atoms with Gasteiger partial charge < -0.3 is 15.5 Å². The van der Waals surface area contributed by atoms with Gasteiger partial charge in [0.1, 0.15) is 0 Å². The molecule has 0 bridgehead atoms. The van der Waals surface area contributed by atoms with Gasteiger partial charge in [-0.2, -0.15) is 0 Å². The van der Waals surface area contributed by atoms with Crippen molar-refractivity contribution in [3.05, 3.63) is 29.3 Å². The van der Waals surface area contributed by atoms with Crippen LogP contribution in [0.2, 0.25) is 0 Å². The Hall–Kier alpha value is -1.92. The van der Waals surface area contributed by atoms with Gasteiger partial charge in [-0.1, -0.05) is 31.0 Å². The summed E-state index contributed by atoms with van der Waals surface area (Å²) >= 11 is 0. The summed E-state index contributed by atoms with van der Waals surface area (Å²) in [6.07, 6.45) is 4.63. The van der Waals surface area contributed by atoms with E-state index in [2.05, 4.69) is 20.4 Å². The summed E-state index contributed by atoms with van der Waals surface area (Å²) in [7, 11) is 0. The minimum absolute atomic E-state index is 0.0214. The number of rotatable bonds is 4. The van der Waals surface area contributed by atoms with E-state index in [0.29, 0.717) is 18.4 Å². The van der Waals surface area contributed by atoms with Gasteiger partial charge in [-0.15, -0.1) is 0 Å². The molecule has 3 aliphatic rings. The zero-order chi connectivity index (χ0) is 20.4. The number of hydrogen-bond donors (Lipinski definition) is 2. The highest BCUT2D eigenvalue weighted by molar-refractivity contribution is 5.93. The number of nitrogens with one attached hydrogen (secondary N) is 2. The van der Waals surface area contributed by atoms with Gasteiger partial charge in [-0.25, -0.2) is 0 Å². The molecule has 0 radical (unpaired) electrons. The van der Waals surface area contributed by atoms with E-state index < -0.39 is 0 Å². The zero-order valence-corrected chi connectivity index (χ0v) is 17.8. The first-order valence-corrected chi connectivity index (χ1v) is 11.1. The van der Waals surface area contributed by atoms with Crippen molar-refractivity contribution in [2.75, 3.05) is 51.1 Å². The number of benzene rings is 1. The molecule has 1 aliphatic carbocycles. The lowest BCUT2D eigenvalue weighted by atomic mass is 9.67. The highest BCUT2D eigenvalue weighted by atomic mass is 16.2. The second kappa shape index (κ2) is 8.44. The normalized spacial score (nSPS) is 27.5.